The number of β-amino-alcohol motifs (C(OH)–C–C–N with tert-alkyl or cyclic N) is 1. The second kappa shape index (κ2) is 5.57. The van der Waals surface area contributed by atoms with E-state index in [1.54, 1.807) is 17.9 Å². The van der Waals surface area contributed by atoms with Crippen LogP contribution in [0.3, 0.4) is 0 Å². The molecule has 0 radical (unpaired) electrons. The number of nitrogens with zero attached hydrogens (tertiary/aromatic N) is 1. The van der Waals surface area contributed by atoms with Gasteiger partial charge in [0, 0.05) is 19.2 Å². The summed E-state index contributed by atoms with van der Waals surface area (Å²) in [5.41, 5.74) is 1.59. The molecule has 0 bridgehead atoms. The molecular formula is C16H21NO2. The highest BCUT2D eigenvalue weighted by Gasteiger charge is 2.32. The van der Waals surface area contributed by atoms with Gasteiger partial charge in [-0.05, 0) is 37.0 Å². The Balaban J connectivity index is 1.96. The van der Waals surface area contributed by atoms with E-state index in [9.17, 15) is 9.90 Å². The van der Waals surface area contributed by atoms with Gasteiger partial charge >= 0.3 is 0 Å². The van der Waals surface area contributed by atoms with Gasteiger partial charge in [0.15, 0.2) is 0 Å². The predicted molar refractivity (Wildman–Crippen MR) is 76.7 cm³/mol. The highest BCUT2D eigenvalue weighted by molar-refractivity contribution is 5.92. The van der Waals surface area contributed by atoms with Gasteiger partial charge in [0.05, 0.1) is 5.60 Å². The third-order valence-corrected chi connectivity index (χ3v) is 3.57. The standard InChI is InChI=1S/C16H21NO2/c1-3-13-4-6-14(7-5-13)8-9-15(18)17-11-10-16(2,19)12-17/h4-9,19H,3,10-12H2,1-2H3/b9-8+. The maximum Gasteiger partial charge on any atom is 0.246 e. The molecule has 1 aromatic rings. The van der Waals surface area contributed by atoms with E-state index in [4.69, 9.17) is 0 Å². The summed E-state index contributed by atoms with van der Waals surface area (Å²) >= 11 is 0. The van der Waals surface area contributed by atoms with E-state index in [1.807, 2.05) is 18.2 Å². The van der Waals surface area contributed by atoms with Crippen molar-refractivity contribution in [3.63, 3.8) is 0 Å². The minimum Gasteiger partial charge on any atom is -0.388 e. The molecule has 1 aliphatic rings. The zero-order valence-corrected chi connectivity index (χ0v) is 11.6. The fraction of sp³-hybridized carbons (Fsp3) is 0.438. The lowest BCUT2D eigenvalue weighted by molar-refractivity contribution is -0.125. The largest absolute Gasteiger partial charge is 0.388 e. The Hall–Kier alpha value is -1.61. The van der Waals surface area contributed by atoms with Gasteiger partial charge in [-0.2, -0.15) is 0 Å². The van der Waals surface area contributed by atoms with Gasteiger partial charge in [-0.1, -0.05) is 31.2 Å². The van der Waals surface area contributed by atoms with E-state index in [1.165, 1.54) is 5.56 Å². The minimum atomic E-state index is -0.730. The molecular weight excluding hydrogens is 238 g/mol. The molecule has 102 valence electrons. The number of hydrogen-bond donors (Lipinski definition) is 1. The molecule has 1 atom stereocenters. The van der Waals surface area contributed by atoms with E-state index in [0.29, 0.717) is 19.5 Å². The molecule has 0 saturated carbocycles. The Morgan fingerprint density at radius 1 is 1.42 bits per heavy atom. The number of hydrogen-bond acceptors (Lipinski definition) is 2. The van der Waals surface area contributed by atoms with Crippen LogP contribution in [0.25, 0.3) is 6.08 Å². The van der Waals surface area contributed by atoms with Crippen molar-refractivity contribution in [2.24, 2.45) is 0 Å². The first-order valence-electron chi connectivity index (χ1n) is 6.78. The topological polar surface area (TPSA) is 40.5 Å². The zero-order valence-electron chi connectivity index (χ0n) is 11.6. The van der Waals surface area contributed by atoms with Crippen LogP contribution in [0.15, 0.2) is 30.3 Å². The molecule has 0 spiro atoms. The maximum absolute atomic E-state index is 12.0. The van der Waals surface area contributed by atoms with Crippen LogP contribution in [-0.2, 0) is 11.2 Å². The smallest absolute Gasteiger partial charge is 0.246 e. The Kier molecular flexibility index (Phi) is 4.05. The Morgan fingerprint density at radius 3 is 2.63 bits per heavy atom. The van der Waals surface area contributed by atoms with E-state index in [-0.39, 0.29) is 5.91 Å². The summed E-state index contributed by atoms with van der Waals surface area (Å²) < 4.78 is 0. The number of aryl methyl sites for hydroxylation is 1. The van der Waals surface area contributed by atoms with Crippen LogP contribution in [0.4, 0.5) is 0 Å². The van der Waals surface area contributed by atoms with Crippen molar-refractivity contribution in [1.29, 1.82) is 0 Å². The van der Waals surface area contributed by atoms with Gasteiger partial charge in [0.2, 0.25) is 5.91 Å². The number of carbonyl (C=O) groups excluding carboxylic acids is 1. The van der Waals surface area contributed by atoms with Crippen LogP contribution in [0, 0.1) is 0 Å². The third-order valence-electron chi connectivity index (χ3n) is 3.57. The van der Waals surface area contributed by atoms with Gasteiger partial charge in [-0.25, -0.2) is 0 Å². The summed E-state index contributed by atoms with van der Waals surface area (Å²) in [5.74, 6) is -0.0302. The summed E-state index contributed by atoms with van der Waals surface area (Å²) in [6.45, 7) is 4.94. The first-order valence-corrected chi connectivity index (χ1v) is 6.78. The average Bonchev–Trinajstić information content (AvgIpc) is 2.77. The van der Waals surface area contributed by atoms with Crippen molar-refractivity contribution in [2.45, 2.75) is 32.3 Å². The normalized spacial score (nSPS) is 23.2. The lowest BCUT2D eigenvalue weighted by atomic mass is 10.1. The maximum atomic E-state index is 12.0. The van der Waals surface area contributed by atoms with E-state index in [0.717, 1.165) is 12.0 Å². The van der Waals surface area contributed by atoms with Gasteiger partial charge in [-0.3, -0.25) is 4.79 Å². The number of amides is 1. The zero-order chi connectivity index (χ0) is 13.9. The van der Waals surface area contributed by atoms with Crippen molar-refractivity contribution in [3.8, 4) is 0 Å². The van der Waals surface area contributed by atoms with Crippen LogP contribution in [0.1, 0.15) is 31.4 Å². The molecule has 3 nitrogen and oxygen atoms in total. The summed E-state index contributed by atoms with van der Waals surface area (Å²) in [5, 5.41) is 9.84. The Bertz CT molecular complexity index is 474. The molecule has 1 saturated heterocycles. The first kappa shape index (κ1) is 13.8. The molecule has 1 aromatic carbocycles. The first-order chi connectivity index (χ1) is 9.00. The number of rotatable bonds is 3. The fourth-order valence-electron chi connectivity index (χ4n) is 2.27. The third kappa shape index (κ3) is 3.67. The van der Waals surface area contributed by atoms with Gasteiger partial charge < -0.3 is 10.0 Å². The molecule has 1 unspecified atom stereocenters. The van der Waals surface area contributed by atoms with E-state index < -0.39 is 5.60 Å². The van der Waals surface area contributed by atoms with E-state index in [2.05, 4.69) is 19.1 Å². The van der Waals surface area contributed by atoms with Gasteiger partial charge in [0.25, 0.3) is 0 Å². The second-order valence-corrected chi connectivity index (χ2v) is 5.44. The molecule has 1 aliphatic heterocycles. The quantitative estimate of drug-likeness (QED) is 0.846. The monoisotopic (exact) mass is 259 g/mol. The number of likely N-dealkylation sites (tertiary alicyclic amines) is 1. The highest BCUT2D eigenvalue weighted by Crippen LogP contribution is 2.20. The van der Waals surface area contributed by atoms with Crippen LogP contribution >= 0.6 is 0 Å². The van der Waals surface area contributed by atoms with Crippen molar-refractivity contribution in [3.05, 3.63) is 41.5 Å². The molecule has 1 heterocycles. The van der Waals surface area contributed by atoms with Gasteiger partial charge in [-0.15, -0.1) is 0 Å². The summed E-state index contributed by atoms with van der Waals surface area (Å²) in [6.07, 6.45) is 5.08. The molecule has 2 rings (SSSR count). The second-order valence-electron chi connectivity index (χ2n) is 5.44. The average molecular weight is 259 g/mol. The van der Waals surface area contributed by atoms with Crippen LogP contribution in [0.2, 0.25) is 0 Å². The van der Waals surface area contributed by atoms with Crippen molar-refractivity contribution >= 4 is 12.0 Å². The molecule has 0 aromatic heterocycles. The van der Waals surface area contributed by atoms with Crippen molar-refractivity contribution in [1.82, 2.24) is 4.90 Å². The molecule has 3 heteroatoms. The molecule has 19 heavy (non-hydrogen) atoms. The van der Waals surface area contributed by atoms with Crippen LogP contribution in [-0.4, -0.2) is 34.6 Å². The molecule has 1 fully saturated rings. The highest BCUT2D eigenvalue weighted by atomic mass is 16.3. The van der Waals surface area contributed by atoms with Crippen LogP contribution < -0.4 is 0 Å². The summed E-state index contributed by atoms with van der Waals surface area (Å²) in [7, 11) is 0. The molecule has 1 N–H and O–H groups in total. The number of benzene rings is 1. The predicted octanol–water partition coefficient (Wildman–Crippen LogP) is 2.25. The lowest BCUT2D eigenvalue weighted by Crippen LogP contribution is -2.32. The van der Waals surface area contributed by atoms with Crippen molar-refractivity contribution < 1.29 is 9.90 Å². The summed E-state index contributed by atoms with van der Waals surface area (Å²) in [4.78, 5) is 13.6. The summed E-state index contributed by atoms with van der Waals surface area (Å²) in [6, 6.07) is 8.18. The van der Waals surface area contributed by atoms with Crippen molar-refractivity contribution in [2.75, 3.05) is 13.1 Å². The van der Waals surface area contributed by atoms with Gasteiger partial charge in [0.1, 0.15) is 0 Å². The van der Waals surface area contributed by atoms with Crippen LogP contribution in [0.5, 0.6) is 0 Å². The Morgan fingerprint density at radius 2 is 2.11 bits per heavy atom. The fourth-order valence-corrected chi connectivity index (χ4v) is 2.27. The minimum absolute atomic E-state index is 0.0302. The Labute approximate surface area is 114 Å². The number of carbonyl (C=O) groups is 1. The number of aliphatic hydroxyl groups is 1. The molecule has 1 amide bonds. The van der Waals surface area contributed by atoms with E-state index >= 15 is 0 Å². The molecule has 0 aliphatic carbocycles. The SMILES string of the molecule is CCc1ccc(/C=C/C(=O)N2CCC(C)(O)C2)cc1. The lowest BCUT2D eigenvalue weighted by Gasteiger charge is -2.17.